The Hall–Kier alpha value is -1.59. The highest BCUT2D eigenvalue weighted by Crippen LogP contribution is 2.22. The third-order valence-electron chi connectivity index (χ3n) is 3.72. The van der Waals surface area contributed by atoms with E-state index in [4.69, 9.17) is 16.7 Å². The summed E-state index contributed by atoms with van der Waals surface area (Å²) >= 11 is 6.20. The van der Waals surface area contributed by atoms with Crippen LogP contribution in [-0.4, -0.2) is 59.5 Å². The summed E-state index contributed by atoms with van der Waals surface area (Å²) in [5.74, 6) is -0.846. The number of hydrogen-bond acceptors (Lipinski definition) is 3. The smallest absolute Gasteiger partial charge is 0.304 e. The van der Waals surface area contributed by atoms with Crippen LogP contribution in [0.1, 0.15) is 22.3 Å². The quantitative estimate of drug-likeness (QED) is 0.922. The molecule has 5 nitrogen and oxygen atoms in total. The number of hydrogen-bond donors (Lipinski definition) is 1. The summed E-state index contributed by atoms with van der Waals surface area (Å²) in [4.78, 5) is 26.9. The molecular formula is C15H19ClN2O3. The first-order chi connectivity index (χ1) is 9.99. The zero-order valence-corrected chi connectivity index (χ0v) is 12.8. The minimum atomic E-state index is -0.792. The van der Waals surface area contributed by atoms with Crippen LogP contribution in [0.3, 0.4) is 0 Å². The van der Waals surface area contributed by atoms with E-state index in [9.17, 15) is 9.59 Å². The average Bonchev–Trinajstić information content (AvgIpc) is 2.48. The topological polar surface area (TPSA) is 60.9 Å². The van der Waals surface area contributed by atoms with Crippen molar-refractivity contribution in [2.24, 2.45) is 0 Å². The third-order valence-corrected chi connectivity index (χ3v) is 4.23. The number of carboxylic acid groups (broad SMARTS) is 1. The molecule has 1 amide bonds. The van der Waals surface area contributed by atoms with Gasteiger partial charge in [-0.1, -0.05) is 23.7 Å². The Morgan fingerprint density at radius 3 is 2.52 bits per heavy atom. The maximum atomic E-state index is 12.5. The number of rotatable bonds is 4. The lowest BCUT2D eigenvalue weighted by atomic mass is 10.1. The molecule has 6 heteroatoms. The molecule has 114 valence electrons. The Morgan fingerprint density at radius 1 is 1.24 bits per heavy atom. The number of aryl methyl sites for hydroxylation is 1. The molecule has 1 aliphatic rings. The lowest BCUT2D eigenvalue weighted by Gasteiger charge is -2.34. The standard InChI is InChI=1S/C15H19ClN2O3/c1-11-3-2-4-12(14(11)16)15(21)18-9-7-17(8-10-18)6-5-13(19)20/h2-4H,5-10H2,1H3,(H,19,20). The molecule has 1 aromatic rings. The van der Waals surface area contributed by atoms with Crippen molar-refractivity contribution in [3.8, 4) is 0 Å². The molecule has 0 saturated carbocycles. The second-order valence-electron chi connectivity index (χ2n) is 5.21. The second-order valence-corrected chi connectivity index (χ2v) is 5.59. The van der Waals surface area contributed by atoms with Crippen molar-refractivity contribution in [2.75, 3.05) is 32.7 Å². The van der Waals surface area contributed by atoms with Gasteiger partial charge in [0.2, 0.25) is 0 Å². The Bertz CT molecular complexity index is 540. The molecule has 2 rings (SSSR count). The first-order valence-corrected chi connectivity index (χ1v) is 7.35. The fraction of sp³-hybridized carbons (Fsp3) is 0.467. The minimum Gasteiger partial charge on any atom is -0.481 e. The van der Waals surface area contributed by atoms with Gasteiger partial charge in [-0.05, 0) is 18.6 Å². The van der Waals surface area contributed by atoms with Crippen LogP contribution in [0.4, 0.5) is 0 Å². The van der Waals surface area contributed by atoms with Crippen molar-refractivity contribution in [3.05, 3.63) is 34.3 Å². The number of piperazine rings is 1. The Morgan fingerprint density at radius 2 is 1.90 bits per heavy atom. The molecule has 0 aromatic heterocycles. The van der Waals surface area contributed by atoms with Crippen molar-refractivity contribution >= 4 is 23.5 Å². The lowest BCUT2D eigenvalue weighted by Crippen LogP contribution is -2.49. The van der Waals surface area contributed by atoms with Crippen molar-refractivity contribution in [2.45, 2.75) is 13.3 Å². The van der Waals surface area contributed by atoms with Gasteiger partial charge in [-0.25, -0.2) is 0 Å². The van der Waals surface area contributed by atoms with Crippen LogP contribution in [0.5, 0.6) is 0 Å². The van der Waals surface area contributed by atoms with Gasteiger partial charge in [0.05, 0.1) is 17.0 Å². The molecule has 21 heavy (non-hydrogen) atoms. The van der Waals surface area contributed by atoms with Gasteiger partial charge in [0.1, 0.15) is 0 Å². The highest BCUT2D eigenvalue weighted by atomic mass is 35.5. The number of amides is 1. The molecule has 0 atom stereocenters. The van der Waals surface area contributed by atoms with Crippen LogP contribution in [0, 0.1) is 6.92 Å². The van der Waals surface area contributed by atoms with Gasteiger partial charge in [-0.3, -0.25) is 14.5 Å². The van der Waals surface area contributed by atoms with E-state index in [2.05, 4.69) is 4.90 Å². The highest BCUT2D eigenvalue weighted by Gasteiger charge is 2.23. The molecule has 1 N–H and O–H groups in total. The number of halogens is 1. The lowest BCUT2D eigenvalue weighted by molar-refractivity contribution is -0.137. The van der Waals surface area contributed by atoms with Crippen LogP contribution in [-0.2, 0) is 4.79 Å². The maximum Gasteiger partial charge on any atom is 0.304 e. The van der Waals surface area contributed by atoms with Gasteiger partial charge in [0, 0.05) is 32.7 Å². The summed E-state index contributed by atoms with van der Waals surface area (Å²) in [5, 5.41) is 9.19. The molecule has 0 aliphatic carbocycles. The molecule has 0 unspecified atom stereocenters. The molecule has 1 fully saturated rings. The predicted molar refractivity (Wildman–Crippen MR) is 80.8 cm³/mol. The predicted octanol–water partition coefficient (Wildman–Crippen LogP) is 1.88. The Kier molecular flexibility index (Phi) is 5.20. The molecule has 1 aromatic carbocycles. The van der Waals surface area contributed by atoms with E-state index in [-0.39, 0.29) is 12.3 Å². The van der Waals surface area contributed by atoms with E-state index < -0.39 is 5.97 Å². The largest absolute Gasteiger partial charge is 0.481 e. The molecule has 0 bridgehead atoms. The summed E-state index contributed by atoms with van der Waals surface area (Å²) in [6, 6.07) is 5.45. The number of benzene rings is 1. The van der Waals surface area contributed by atoms with Gasteiger partial charge in [-0.2, -0.15) is 0 Å². The Balaban J connectivity index is 1.94. The van der Waals surface area contributed by atoms with E-state index in [0.29, 0.717) is 43.3 Å². The van der Waals surface area contributed by atoms with E-state index in [1.807, 2.05) is 19.1 Å². The van der Waals surface area contributed by atoms with Gasteiger partial charge in [0.15, 0.2) is 0 Å². The first kappa shape index (κ1) is 15.8. The molecule has 1 heterocycles. The summed E-state index contributed by atoms with van der Waals surface area (Å²) in [6.07, 6.45) is 0.137. The van der Waals surface area contributed by atoms with Gasteiger partial charge in [-0.15, -0.1) is 0 Å². The second kappa shape index (κ2) is 6.91. The highest BCUT2D eigenvalue weighted by molar-refractivity contribution is 6.34. The molecule has 1 saturated heterocycles. The molecule has 0 spiro atoms. The number of carbonyl (C=O) groups is 2. The average molecular weight is 311 g/mol. The number of carboxylic acids is 1. The monoisotopic (exact) mass is 310 g/mol. The minimum absolute atomic E-state index is 0.0541. The first-order valence-electron chi connectivity index (χ1n) is 6.97. The normalized spacial score (nSPS) is 16.0. The molecule has 0 radical (unpaired) electrons. The van der Waals surface area contributed by atoms with Crippen LogP contribution in [0.25, 0.3) is 0 Å². The number of nitrogens with zero attached hydrogens (tertiary/aromatic N) is 2. The van der Waals surface area contributed by atoms with Gasteiger partial charge >= 0.3 is 5.97 Å². The van der Waals surface area contributed by atoms with Gasteiger partial charge in [0.25, 0.3) is 5.91 Å². The number of carbonyl (C=O) groups excluding carboxylic acids is 1. The van der Waals surface area contributed by atoms with E-state index in [0.717, 1.165) is 5.56 Å². The zero-order chi connectivity index (χ0) is 15.4. The third kappa shape index (κ3) is 3.95. The zero-order valence-electron chi connectivity index (χ0n) is 12.0. The van der Waals surface area contributed by atoms with E-state index >= 15 is 0 Å². The van der Waals surface area contributed by atoms with E-state index in [1.165, 1.54) is 0 Å². The van der Waals surface area contributed by atoms with Crippen LogP contribution >= 0.6 is 11.6 Å². The maximum absolute atomic E-state index is 12.5. The van der Waals surface area contributed by atoms with E-state index in [1.54, 1.807) is 11.0 Å². The van der Waals surface area contributed by atoms with Crippen molar-refractivity contribution in [1.82, 2.24) is 9.80 Å². The SMILES string of the molecule is Cc1cccc(C(=O)N2CCN(CCC(=O)O)CC2)c1Cl. The molecule has 1 aliphatic heterocycles. The van der Waals surface area contributed by atoms with Crippen LogP contribution in [0.15, 0.2) is 18.2 Å². The summed E-state index contributed by atoms with van der Waals surface area (Å²) < 4.78 is 0. The summed E-state index contributed by atoms with van der Waals surface area (Å²) in [6.45, 7) is 5.00. The fourth-order valence-corrected chi connectivity index (χ4v) is 2.62. The summed E-state index contributed by atoms with van der Waals surface area (Å²) in [5.41, 5.74) is 1.43. The fourth-order valence-electron chi connectivity index (χ4n) is 2.41. The van der Waals surface area contributed by atoms with Gasteiger partial charge < -0.3 is 10.0 Å². The van der Waals surface area contributed by atoms with Crippen molar-refractivity contribution in [1.29, 1.82) is 0 Å². The Labute approximate surface area is 129 Å². The van der Waals surface area contributed by atoms with Crippen LogP contribution < -0.4 is 0 Å². The molecular weight excluding hydrogens is 292 g/mol. The van der Waals surface area contributed by atoms with Crippen molar-refractivity contribution in [3.63, 3.8) is 0 Å². The number of aliphatic carboxylic acids is 1. The van der Waals surface area contributed by atoms with Crippen molar-refractivity contribution < 1.29 is 14.7 Å². The van der Waals surface area contributed by atoms with Crippen LogP contribution in [0.2, 0.25) is 5.02 Å². The summed E-state index contributed by atoms with van der Waals surface area (Å²) in [7, 11) is 0.